The van der Waals surface area contributed by atoms with Crippen LogP contribution in [0.2, 0.25) is 0 Å². The second kappa shape index (κ2) is 4.16. The van der Waals surface area contributed by atoms with Gasteiger partial charge in [-0.05, 0) is 25.0 Å². The molecule has 13 heavy (non-hydrogen) atoms. The van der Waals surface area contributed by atoms with Crippen molar-refractivity contribution in [3.63, 3.8) is 0 Å². The fourth-order valence-electron chi connectivity index (χ4n) is 0.936. The number of hydrogen-bond donors (Lipinski definition) is 0. The van der Waals surface area contributed by atoms with Crippen LogP contribution in [0.15, 0.2) is 18.2 Å². The smallest absolute Gasteiger partial charge is 0.387 e. The largest absolute Gasteiger partial charge is 0.432 e. The summed E-state index contributed by atoms with van der Waals surface area (Å²) in [5.74, 6) is -1.20. The van der Waals surface area contributed by atoms with Crippen LogP contribution in [0, 0.1) is 12.7 Å². The summed E-state index contributed by atoms with van der Waals surface area (Å²) in [5.41, 5.74) is 0.262. The lowest BCUT2D eigenvalue weighted by molar-refractivity contribution is -0.0522. The topological polar surface area (TPSA) is 9.23 Å². The molecular weight excluding hydrogens is 181 g/mol. The van der Waals surface area contributed by atoms with Crippen LogP contribution in [-0.4, -0.2) is 6.61 Å². The van der Waals surface area contributed by atoms with Crippen LogP contribution in [0.4, 0.5) is 13.2 Å². The molecule has 1 nitrogen and oxygen atoms in total. The molecule has 71 valence electrons. The van der Waals surface area contributed by atoms with Gasteiger partial charge in [0.05, 0.1) is 0 Å². The van der Waals surface area contributed by atoms with Crippen molar-refractivity contribution < 1.29 is 17.9 Å². The molecule has 0 aromatic heterocycles. The lowest BCUT2D eigenvalue weighted by atomic mass is 10.1. The Hall–Kier alpha value is -1.19. The molecule has 0 heterocycles. The average molecular weight is 189 g/mol. The Morgan fingerprint density at radius 2 is 2.08 bits per heavy atom. The summed E-state index contributed by atoms with van der Waals surface area (Å²) in [7, 11) is 0. The van der Waals surface area contributed by atoms with Crippen molar-refractivity contribution in [1.29, 1.82) is 0 Å². The number of rotatable bonds is 3. The lowest BCUT2D eigenvalue weighted by Crippen LogP contribution is -2.04. The standard InChI is InChI=1S/C9H8F3O/c1-2-6-4-3-5-7(8(6)10)13-9(11)12/h3-5,9H,1-2H2. The average Bonchev–Trinajstić information content (AvgIpc) is 2.08. The molecule has 0 aliphatic carbocycles. The quantitative estimate of drug-likeness (QED) is 0.710. The molecule has 1 aromatic rings. The molecule has 0 aliphatic rings. The lowest BCUT2D eigenvalue weighted by Gasteiger charge is -2.07. The maximum absolute atomic E-state index is 13.1. The molecule has 0 spiro atoms. The molecule has 1 aromatic carbocycles. The molecule has 0 unspecified atom stereocenters. The second-order valence-corrected chi connectivity index (χ2v) is 2.36. The molecule has 0 saturated carbocycles. The van der Waals surface area contributed by atoms with Crippen molar-refractivity contribution in [2.45, 2.75) is 13.0 Å². The van der Waals surface area contributed by atoms with Crippen LogP contribution in [0.5, 0.6) is 5.75 Å². The van der Waals surface area contributed by atoms with Crippen LogP contribution in [0.1, 0.15) is 5.56 Å². The highest BCUT2D eigenvalue weighted by atomic mass is 19.3. The van der Waals surface area contributed by atoms with E-state index in [-0.39, 0.29) is 12.0 Å². The molecular formula is C9H8F3O. The molecule has 0 N–H and O–H groups in total. The maximum Gasteiger partial charge on any atom is 0.387 e. The highest BCUT2D eigenvalue weighted by molar-refractivity contribution is 5.31. The van der Waals surface area contributed by atoms with Gasteiger partial charge < -0.3 is 4.74 Å². The Balaban J connectivity index is 2.94. The van der Waals surface area contributed by atoms with Crippen LogP contribution >= 0.6 is 0 Å². The van der Waals surface area contributed by atoms with E-state index in [0.717, 1.165) is 6.07 Å². The first kappa shape index (κ1) is 9.89. The van der Waals surface area contributed by atoms with Crippen molar-refractivity contribution in [3.05, 3.63) is 36.5 Å². The third-order valence-electron chi connectivity index (χ3n) is 1.53. The van der Waals surface area contributed by atoms with Gasteiger partial charge >= 0.3 is 6.61 Å². The van der Waals surface area contributed by atoms with Crippen LogP contribution < -0.4 is 4.74 Å². The van der Waals surface area contributed by atoms with Crippen molar-refractivity contribution in [2.75, 3.05) is 0 Å². The molecule has 0 fully saturated rings. The molecule has 0 bridgehead atoms. The van der Waals surface area contributed by atoms with Crippen molar-refractivity contribution in [2.24, 2.45) is 0 Å². The zero-order valence-corrected chi connectivity index (χ0v) is 6.77. The van der Waals surface area contributed by atoms with E-state index in [1.54, 1.807) is 0 Å². The first-order valence-corrected chi connectivity index (χ1v) is 3.66. The van der Waals surface area contributed by atoms with Crippen LogP contribution in [0.3, 0.4) is 0 Å². The van der Waals surface area contributed by atoms with E-state index in [1.165, 1.54) is 12.1 Å². The van der Waals surface area contributed by atoms with Crippen LogP contribution in [0.25, 0.3) is 0 Å². The predicted molar refractivity (Wildman–Crippen MR) is 42.1 cm³/mol. The summed E-state index contributed by atoms with van der Waals surface area (Å²) in [4.78, 5) is 0. The zero-order chi connectivity index (χ0) is 9.84. The second-order valence-electron chi connectivity index (χ2n) is 2.36. The zero-order valence-electron chi connectivity index (χ0n) is 6.77. The first-order valence-electron chi connectivity index (χ1n) is 3.66. The van der Waals surface area contributed by atoms with Gasteiger partial charge in [-0.3, -0.25) is 0 Å². The number of halogens is 3. The number of alkyl halides is 2. The molecule has 0 amide bonds. The molecule has 4 heteroatoms. The van der Waals surface area contributed by atoms with Gasteiger partial charge in [-0.2, -0.15) is 8.78 Å². The summed E-state index contributed by atoms with van der Waals surface area (Å²) < 4.78 is 40.5. The summed E-state index contributed by atoms with van der Waals surface area (Å²) in [5, 5.41) is 0. The van der Waals surface area contributed by atoms with Gasteiger partial charge in [0.15, 0.2) is 11.6 Å². The van der Waals surface area contributed by atoms with Gasteiger partial charge in [0.25, 0.3) is 0 Å². The highest BCUT2D eigenvalue weighted by Crippen LogP contribution is 2.22. The first-order chi connectivity index (χ1) is 6.15. The number of ether oxygens (including phenoxy) is 1. The van der Waals surface area contributed by atoms with E-state index < -0.39 is 18.2 Å². The molecule has 0 atom stereocenters. The van der Waals surface area contributed by atoms with Gasteiger partial charge in [-0.1, -0.05) is 12.1 Å². The summed E-state index contributed by atoms with van der Waals surface area (Å²) >= 11 is 0. The summed E-state index contributed by atoms with van der Waals surface area (Å²) in [6, 6.07) is 4.07. The van der Waals surface area contributed by atoms with Gasteiger partial charge in [-0.25, -0.2) is 4.39 Å². The van der Waals surface area contributed by atoms with Gasteiger partial charge in [0, 0.05) is 0 Å². The Morgan fingerprint density at radius 1 is 1.38 bits per heavy atom. The minimum absolute atomic E-state index is 0.201. The van der Waals surface area contributed by atoms with E-state index in [1.807, 2.05) is 0 Å². The molecule has 0 saturated heterocycles. The normalized spacial score (nSPS) is 10.5. The monoisotopic (exact) mass is 189 g/mol. The van der Waals surface area contributed by atoms with Crippen LogP contribution in [-0.2, 0) is 6.42 Å². The SMILES string of the molecule is [CH2]Cc1cccc(OC(F)F)c1F. The maximum atomic E-state index is 13.1. The Kier molecular flexibility index (Phi) is 3.17. The van der Waals surface area contributed by atoms with Gasteiger partial charge in [0.1, 0.15) is 0 Å². The Morgan fingerprint density at radius 3 is 2.62 bits per heavy atom. The minimum atomic E-state index is -3.01. The van der Waals surface area contributed by atoms with Gasteiger partial charge in [-0.15, -0.1) is 0 Å². The van der Waals surface area contributed by atoms with Crippen molar-refractivity contribution in [3.8, 4) is 5.75 Å². The summed E-state index contributed by atoms with van der Waals surface area (Å²) in [6.07, 6.45) is 0.201. The number of benzene rings is 1. The van der Waals surface area contributed by atoms with E-state index >= 15 is 0 Å². The molecule has 1 rings (SSSR count). The van der Waals surface area contributed by atoms with Gasteiger partial charge in [0.2, 0.25) is 0 Å². The van der Waals surface area contributed by atoms with Crippen molar-refractivity contribution in [1.82, 2.24) is 0 Å². The van der Waals surface area contributed by atoms with E-state index in [4.69, 9.17) is 0 Å². The molecule has 0 aliphatic heterocycles. The Bertz CT molecular complexity index is 286. The predicted octanol–water partition coefficient (Wildman–Crippen LogP) is 2.80. The van der Waals surface area contributed by atoms with E-state index in [2.05, 4.69) is 11.7 Å². The minimum Gasteiger partial charge on any atom is -0.432 e. The fraction of sp³-hybridized carbons (Fsp3) is 0.222. The Labute approximate surface area is 74.1 Å². The third-order valence-corrected chi connectivity index (χ3v) is 1.53. The van der Waals surface area contributed by atoms with E-state index in [0.29, 0.717) is 0 Å². The third kappa shape index (κ3) is 2.37. The van der Waals surface area contributed by atoms with E-state index in [9.17, 15) is 13.2 Å². The summed E-state index contributed by atoms with van der Waals surface area (Å²) in [6.45, 7) is 0.449. The molecule has 1 radical (unpaired) electrons. The number of hydrogen-bond acceptors (Lipinski definition) is 1. The highest BCUT2D eigenvalue weighted by Gasteiger charge is 2.11. The van der Waals surface area contributed by atoms with Crippen molar-refractivity contribution >= 4 is 0 Å². The fourth-order valence-corrected chi connectivity index (χ4v) is 0.936.